The van der Waals surface area contributed by atoms with Gasteiger partial charge in [0, 0.05) is 47.2 Å². The van der Waals surface area contributed by atoms with E-state index in [-0.39, 0.29) is 11.8 Å². The number of hydrazone groups is 1. The summed E-state index contributed by atoms with van der Waals surface area (Å²) < 4.78 is 5.79. The summed E-state index contributed by atoms with van der Waals surface area (Å²) in [6.45, 7) is 1.68. The van der Waals surface area contributed by atoms with Crippen molar-refractivity contribution in [2.45, 2.75) is 17.7 Å². The largest absolute Gasteiger partial charge is 0.494 e. The number of anilines is 1. The minimum atomic E-state index is -1.26. The standard InChI is InChI=1S/C22H25N3O2S.C4H4O4/c1-24(2)12-5-13-27-18-10-8-17(9-11-18)25-21(26)14-16-15-28-20-7-4-3-6-19(20)22(16)23-25;5-3(6)1-2-4(7)8/h3-4,6-11,16H,5,12-15H2,1-2H3;1-2H,(H,5,6)(H,7,8). The van der Waals surface area contributed by atoms with Gasteiger partial charge in [-0.3, -0.25) is 4.79 Å². The molecule has 36 heavy (non-hydrogen) atoms. The van der Waals surface area contributed by atoms with E-state index in [0.717, 1.165) is 41.4 Å². The Morgan fingerprint density at radius 1 is 1.11 bits per heavy atom. The van der Waals surface area contributed by atoms with Gasteiger partial charge in [-0.2, -0.15) is 5.10 Å². The van der Waals surface area contributed by atoms with Gasteiger partial charge in [-0.1, -0.05) is 18.2 Å². The van der Waals surface area contributed by atoms with Gasteiger partial charge < -0.3 is 19.8 Å². The van der Waals surface area contributed by atoms with Gasteiger partial charge in [0.05, 0.1) is 18.0 Å². The quantitative estimate of drug-likeness (QED) is 0.408. The van der Waals surface area contributed by atoms with Crippen molar-refractivity contribution in [1.82, 2.24) is 4.90 Å². The molecule has 2 heterocycles. The Labute approximate surface area is 214 Å². The summed E-state index contributed by atoms with van der Waals surface area (Å²) in [5.41, 5.74) is 2.97. The maximum absolute atomic E-state index is 12.7. The Hall–Kier alpha value is -3.63. The zero-order chi connectivity index (χ0) is 26.1. The Morgan fingerprint density at radius 2 is 1.78 bits per heavy atom. The van der Waals surface area contributed by atoms with Crippen molar-refractivity contribution in [2.75, 3.05) is 38.0 Å². The molecule has 4 rings (SSSR count). The van der Waals surface area contributed by atoms with E-state index in [1.54, 1.807) is 5.01 Å². The maximum atomic E-state index is 12.7. The fraction of sp³-hybridized carbons (Fsp3) is 0.308. The van der Waals surface area contributed by atoms with E-state index in [9.17, 15) is 14.4 Å². The fourth-order valence-electron chi connectivity index (χ4n) is 3.64. The third kappa shape index (κ3) is 7.69. The van der Waals surface area contributed by atoms with Crippen molar-refractivity contribution >= 4 is 41.0 Å². The molecule has 2 aromatic carbocycles. The summed E-state index contributed by atoms with van der Waals surface area (Å²) in [6, 6.07) is 16.0. The number of ether oxygens (including phenoxy) is 1. The van der Waals surface area contributed by atoms with E-state index in [1.165, 1.54) is 4.90 Å². The van der Waals surface area contributed by atoms with Crippen molar-refractivity contribution in [3.05, 3.63) is 66.2 Å². The number of carboxylic acids is 2. The Kier molecular flexibility index (Phi) is 9.66. The van der Waals surface area contributed by atoms with Crippen LogP contribution in [0.4, 0.5) is 5.69 Å². The highest BCUT2D eigenvalue weighted by molar-refractivity contribution is 7.99. The molecule has 1 unspecified atom stereocenters. The molecule has 1 amide bonds. The molecule has 1 atom stereocenters. The molecule has 2 aliphatic rings. The molecule has 0 radical (unpaired) electrons. The molecule has 0 spiro atoms. The molecular formula is C26H29N3O6S. The zero-order valence-electron chi connectivity index (χ0n) is 20.2. The number of thioether (sulfide) groups is 1. The Morgan fingerprint density at radius 3 is 2.42 bits per heavy atom. The summed E-state index contributed by atoms with van der Waals surface area (Å²) in [5.74, 6) is -0.539. The lowest BCUT2D eigenvalue weighted by Gasteiger charge is -2.33. The third-order valence-corrected chi connectivity index (χ3v) is 6.56. The van der Waals surface area contributed by atoms with Crippen molar-refractivity contribution in [3.8, 4) is 5.75 Å². The number of hydrogen-bond acceptors (Lipinski definition) is 7. The number of hydrogen-bond donors (Lipinski definition) is 2. The number of carbonyl (C=O) groups is 3. The SMILES string of the molecule is CN(C)CCCOc1ccc(N2N=C3c4ccccc4SCC3CC2=O)cc1.O=C(O)C=CC(=O)O. The fourth-order valence-corrected chi connectivity index (χ4v) is 4.80. The summed E-state index contributed by atoms with van der Waals surface area (Å²) in [5, 5.41) is 21.9. The lowest BCUT2D eigenvalue weighted by molar-refractivity contribution is -0.134. The highest BCUT2D eigenvalue weighted by Gasteiger charge is 2.34. The van der Waals surface area contributed by atoms with Crippen LogP contribution in [0.2, 0.25) is 0 Å². The maximum Gasteiger partial charge on any atom is 0.328 e. The average Bonchev–Trinajstić information content (AvgIpc) is 2.85. The van der Waals surface area contributed by atoms with E-state index in [0.29, 0.717) is 25.2 Å². The molecule has 0 bridgehead atoms. The number of amides is 1. The van der Waals surface area contributed by atoms with Crippen LogP contribution in [0.3, 0.4) is 0 Å². The molecule has 0 saturated carbocycles. The average molecular weight is 512 g/mol. The first-order chi connectivity index (χ1) is 17.2. The van der Waals surface area contributed by atoms with Gasteiger partial charge in [0.25, 0.3) is 0 Å². The van der Waals surface area contributed by atoms with Gasteiger partial charge in [-0.05, 0) is 50.8 Å². The van der Waals surface area contributed by atoms with E-state index in [4.69, 9.17) is 20.1 Å². The summed E-state index contributed by atoms with van der Waals surface area (Å²) in [6.07, 6.45) is 2.60. The van der Waals surface area contributed by atoms with Crippen LogP contribution in [-0.4, -0.2) is 71.7 Å². The minimum absolute atomic E-state index is 0.0494. The highest BCUT2D eigenvalue weighted by atomic mass is 32.2. The number of benzene rings is 2. The minimum Gasteiger partial charge on any atom is -0.494 e. The molecule has 190 valence electrons. The van der Waals surface area contributed by atoms with Gasteiger partial charge >= 0.3 is 11.9 Å². The third-order valence-electron chi connectivity index (χ3n) is 5.32. The molecule has 0 aromatic heterocycles. The summed E-state index contributed by atoms with van der Waals surface area (Å²) in [7, 11) is 4.11. The van der Waals surface area contributed by atoms with Crippen LogP contribution < -0.4 is 9.75 Å². The van der Waals surface area contributed by atoms with Crippen LogP contribution in [0.1, 0.15) is 18.4 Å². The van der Waals surface area contributed by atoms with Crippen molar-refractivity contribution < 1.29 is 29.3 Å². The predicted octanol–water partition coefficient (Wildman–Crippen LogP) is 3.59. The lowest BCUT2D eigenvalue weighted by atomic mass is 9.93. The van der Waals surface area contributed by atoms with Gasteiger partial charge in [-0.15, -0.1) is 11.8 Å². The van der Waals surface area contributed by atoms with Crippen LogP contribution in [0, 0.1) is 5.92 Å². The molecule has 9 nitrogen and oxygen atoms in total. The second-order valence-electron chi connectivity index (χ2n) is 8.41. The number of nitrogens with zero attached hydrogens (tertiary/aromatic N) is 3. The summed E-state index contributed by atoms with van der Waals surface area (Å²) in [4.78, 5) is 35.2. The number of aliphatic carboxylic acids is 2. The van der Waals surface area contributed by atoms with E-state index in [2.05, 4.69) is 37.2 Å². The second-order valence-corrected chi connectivity index (χ2v) is 9.47. The van der Waals surface area contributed by atoms with Gasteiger partial charge in [0.15, 0.2) is 0 Å². The highest BCUT2D eigenvalue weighted by Crippen LogP contribution is 2.37. The van der Waals surface area contributed by atoms with E-state index < -0.39 is 11.9 Å². The van der Waals surface area contributed by atoms with Crippen LogP contribution in [0.25, 0.3) is 0 Å². The molecule has 0 saturated heterocycles. The normalized spacial score (nSPS) is 16.5. The first-order valence-electron chi connectivity index (χ1n) is 11.4. The second kappa shape index (κ2) is 12.9. The van der Waals surface area contributed by atoms with Crippen LogP contribution in [-0.2, 0) is 14.4 Å². The Bertz CT molecular complexity index is 1130. The zero-order valence-corrected chi connectivity index (χ0v) is 21.0. The van der Waals surface area contributed by atoms with Crippen LogP contribution in [0.15, 0.2) is 70.7 Å². The van der Waals surface area contributed by atoms with Crippen molar-refractivity contribution in [2.24, 2.45) is 11.0 Å². The van der Waals surface area contributed by atoms with Gasteiger partial charge in [0.1, 0.15) is 5.75 Å². The molecule has 2 aliphatic heterocycles. The number of fused-ring (bicyclic) bond motifs is 3. The van der Waals surface area contributed by atoms with Crippen molar-refractivity contribution in [1.29, 1.82) is 0 Å². The first kappa shape index (κ1) is 27.0. The van der Waals surface area contributed by atoms with E-state index in [1.807, 2.05) is 42.1 Å². The lowest BCUT2D eigenvalue weighted by Crippen LogP contribution is -2.39. The van der Waals surface area contributed by atoms with Crippen molar-refractivity contribution in [3.63, 3.8) is 0 Å². The van der Waals surface area contributed by atoms with E-state index >= 15 is 0 Å². The molecule has 2 aromatic rings. The van der Waals surface area contributed by atoms with Gasteiger partial charge in [0.2, 0.25) is 5.91 Å². The first-order valence-corrected chi connectivity index (χ1v) is 12.4. The molecule has 10 heteroatoms. The predicted molar refractivity (Wildman–Crippen MR) is 139 cm³/mol. The number of carbonyl (C=O) groups excluding carboxylic acids is 1. The Balaban J connectivity index is 0.000000392. The molecule has 0 aliphatic carbocycles. The number of carboxylic acid groups (broad SMARTS) is 2. The van der Waals surface area contributed by atoms with Gasteiger partial charge in [-0.25, -0.2) is 14.6 Å². The molecule has 0 fully saturated rings. The number of rotatable bonds is 8. The topological polar surface area (TPSA) is 120 Å². The molecular weight excluding hydrogens is 482 g/mol. The monoisotopic (exact) mass is 511 g/mol. The molecule has 2 N–H and O–H groups in total. The van der Waals surface area contributed by atoms with Crippen LogP contribution >= 0.6 is 11.8 Å². The smallest absolute Gasteiger partial charge is 0.328 e. The summed E-state index contributed by atoms with van der Waals surface area (Å²) >= 11 is 1.82. The van der Waals surface area contributed by atoms with Crippen LogP contribution in [0.5, 0.6) is 5.75 Å².